The van der Waals surface area contributed by atoms with Gasteiger partial charge < -0.3 is 5.32 Å². The number of nitrogens with zero attached hydrogens (tertiary/aromatic N) is 1. The summed E-state index contributed by atoms with van der Waals surface area (Å²) in [5, 5.41) is 3.40. The van der Waals surface area contributed by atoms with Gasteiger partial charge in [-0.25, -0.2) is 4.39 Å². The molecule has 1 aromatic heterocycles. The number of pyridine rings is 1. The third-order valence-electron chi connectivity index (χ3n) is 2.84. The summed E-state index contributed by atoms with van der Waals surface area (Å²) in [4.78, 5) is 4.22. The average Bonchev–Trinajstić information content (AvgIpc) is 2.37. The molecule has 1 heterocycles. The molecule has 2 nitrogen and oxygen atoms in total. The lowest BCUT2D eigenvalue weighted by Crippen LogP contribution is -2.22. The van der Waals surface area contributed by atoms with Crippen LogP contribution in [-0.4, -0.2) is 11.5 Å². The van der Waals surface area contributed by atoms with Gasteiger partial charge in [0.15, 0.2) is 0 Å². The second-order valence-corrected chi connectivity index (χ2v) is 4.34. The molecule has 94 valence electrons. The van der Waals surface area contributed by atoms with E-state index in [0.29, 0.717) is 0 Å². The van der Waals surface area contributed by atoms with Crippen molar-refractivity contribution >= 4 is 0 Å². The number of nitrogens with one attached hydrogen (secondary N) is 1. The first-order chi connectivity index (χ1) is 8.70. The third-order valence-corrected chi connectivity index (χ3v) is 2.84. The smallest absolute Gasteiger partial charge is 0.123 e. The van der Waals surface area contributed by atoms with Gasteiger partial charge in [0.05, 0.1) is 6.04 Å². The number of rotatable bonds is 4. The summed E-state index contributed by atoms with van der Waals surface area (Å²) in [5.41, 5.74) is 3.27. The van der Waals surface area contributed by atoms with Crippen molar-refractivity contribution in [3.05, 3.63) is 65.2 Å². The van der Waals surface area contributed by atoms with Crippen molar-refractivity contribution in [1.82, 2.24) is 10.3 Å². The summed E-state index contributed by atoms with van der Waals surface area (Å²) < 4.78 is 13.0. The maximum Gasteiger partial charge on any atom is 0.123 e. The number of hydrogen-bond donors (Lipinski definition) is 1. The normalized spacial score (nSPS) is 12.4. The number of hydrogen-bond acceptors (Lipinski definition) is 2. The number of benzene rings is 1. The number of aryl methyl sites for hydroxylation is 1. The Morgan fingerprint density at radius 2 is 1.89 bits per heavy atom. The van der Waals surface area contributed by atoms with Gasteiger partial charge >= 0.3 is 0 Å². The van der Waals surface area contributed by atoms with Gasteiger partial charge in [-0.05, 0) is 42.3 Å². The fraction of sp³-hybridized carbons (Fsp3) is 0.267. The summed E-state index contributed by atoms with van der Waals surface area (Å²) in [7, 11) is 0. The molecule has 0 radical (unpaired) electrons. The van der Waals surface area contributed by atoms with Crippen LogP contribution in [0, 0.1) is 12.7 Å². The van der Waals surface area contributed by atoms with E-state index in [9.17, 15) is 4.39 Å². The highest BCUT2D eigenvalue weighted by Gasteiger charge is 2.13. The molecule has 1 N–H and O–H groups in total. The van der Waals surface area contributed by atoms with Gasteiger partial charge in [0.25, 0.3) is 0 Å². The minimum atomic E-state index is -0.212. The van der Waals surface area contributed by atoms with Crippen LogP contribution in [0.5, 0.6) is 0 Å². The predicted octanol–water partition coefficient (Wildman–Crippen LogP) is 3.23. The van der Waals surface area contributed by atoms with E-state index in [2.05, 4.69) is 23.3 Å². The molecule has 2 rings (SSSR count). The first kappa shape index (κ1) is 12.7. The van der Waals surface area contributed by atoms with Crippen molar-refractivity contribution < 1.29 is 4.39 Å². The maximum atomic E-state index is 13.0. The van der Waals surface area contributed by atoms with E-state index in [1.807, 2.05) is 31.5 Å². The predicted molar refractivity (Wildman–Crippen MR) is 70.9 cm³/mol. The van der Waals surface area contributed by atoms with Crippen molar-refractivity contribution in [2.24, 2.45) is 0 Å². The maximum absolute atomic E-state index is 13.0. The number of aromatic nitrogens is 1. The van der Waals surface area contributed by atoms with Crippen LogP contribution >= 0.6 is 0 Å². The van der Waals surface area contributed by atoms with Crippen molar-refractivity contribution in [3.8, 4) is 0 Å². The quantitative estimate of drug-likeness (QED) is 0.893. The van der Waals surface area contributed by atoms with Gasteiger partial charge in [0.2, 0.25) is 0 Å². The molecule has 0 saturated carbocycles. The molecular weight excluding hydrogens is 227 g/mol. The Hall–Kier alpha value is -1.74. The third kappa shape index (κ3) is 2.93. The molecule has 0 aliphatic carbocycles. The fourth-order valence-corrected chi connectivity index (χ4v) is 2.02. The molecule has 1 aromatic carbocycles. The SMILES string of the molecule is CCNC(c1ccc(F)cc1)c1cncc(C)c1. The molecule has 18 heavy (non-hydrogen) atoms. The largest absolute Gasteiger partial charge is 0.306 e. The molecule has 0 aliphatic rings. The molecule has 1 atom stereocenters. The summed E-state index contributed by atoms with van der Waals surface area (Å²) >= 11 is 0. The Labute approximate surface area is 107 Å². The molecule has 3 heteroatoms. The van der Waals surface area contributed by atoms with Crippen LogP contribution in [0.2, 0.25) is 0 Å². The van der Waals surface area contributed by atoms with E-state index < -0.39 is 0 Å². The molecule has 0 fully saturated rings. The van der Waals surface area contributed by atoms with Gasteiger partial charge in [-0.15, -0.1) is 0 Å². The van der Waals surface area contributed by atoms with Crippen molar-refractivity contribution in [2.75, 3.05) is 6.54 Å². The van der Waals surface area contributed by atoms with E-state index >= 15 is 0 Å². The topological polar surface area (TPSA) is 24.9 Å². The second kappa shape index (κ2) is 5.74. The molecular formula is C15H17FN2. The monoisotopic (exact) mass is 244 g/mol. The van der Waals surface area contributed by atoms with Crippen LogP contribution in [-0.2, 0) is 0 Å². The highest BCUT2D eigenvalue weighted by molar-refractivity contribution is 5.31. The molecule has 2 aromatic rings. The van der Waals surface area contributed by atoms with Gasteiger partial charge in [-0.2, -0.15) is 0 Å². The van der Waals surface area contributed by atoms with Crippen LogP contribution in [0.25, 0.3) is 0 Å². The van der Waals surface area contributed by atoms with Crippen LogP contribution in [0.4, 0.5) is 4.39 Å². The second-order valence-electron chi connectivity index (χ2n) is 4.34. The van der Waals surface area contributed by atoms with E-state index in [0.717, 1.165) is 23.2 Å². The van der Waals surface area contributed by atoms with Crippen LogP contribution < -0.4 is 5.32 Å². The zero-order chi connectivity index (χ0) is 13.0. The van der Waals surface area contributed by atoms with Crippen LogP contribution in [0.15, 0.2) is 42.7 Å². The Bertz CT molecular complexity index is 508. The minimum absolute atomic E-state index is 0.0583. The molecule has 0 aliphatic heterocycles. The van der Waals surface area contributed by atoms with E-state index in [4.69, 9.17) is 0 Å². The minimum Gasteiger partial charge on any atom is -0.306 e. The van der Waals surface area contributed by atoms with E-state index in [1.54, 1.807) is 0 Å². The van der Waals surface area contributed by atoms with E-state index in [1.165, 1.54) is 12.1 Å². The van der Waals surface area contributed by atoms with Crippen LogP contribution in [0.1, 0.15) is 29.7 Å². The molecule has 1 unspecified atom stereocenters. The Balaban J connectivity index is 2.36. The van der Waals surface area contributed by atoms with Crippen molar-refractivity contribution in [2.45, 2.75) is 19.9 Å². The standard InChI is InChI=1S/C15H17FN2/c1-3-18-15(12-4-6-14(16)7-5-12)13-8-11(2)9-17-10-13/h4-10,15,18H,3H2,1-2H3. The lowest BCUT2D eigenvalue weighted by molar-refractivity contribution is 0.612. The summed E-state index contributed by atoms with van der Waals surface area (Å²) in [6.45, 7) is 4.92. The molecule has 0 bridgehead atoms. The van der Waals surface area contributed by atoms with Crippen molar-refractivity contribution in [1.29, 1.82) is 0 Å². The highest BCUT2D eigenvalue weighted by Crippen LogP contribution is 2.22. The van der Waals surface area contributed by atoms with Gasteiger partial charge in [0.1, 0.15) is 5.82 Å². The van der Waals surface area contributed by atoms with Crippen LogP contribution in [0.3, 0.4) is 0 Å². The number of halogens is 1. The fourth-order valence-electron chi connectivity index (χ4n) is 2.02. The Morgan fingerprint density at radius 1 is 1.17 bits per heavy atom. The zero-order valence-electron chi connectivity index (χ0n) is 10.7. The van der Waals surface area contributed by atoms with Gasteiger partial charge in [0, 0.05) is 12.4 Å². The summed E-state index contributed by atoms with van der Waals surface area (Å²) in [6.07, 6.45) is 3.68. The molecule has 0 saturated heterocycles. The molecule has 0 amide bonds. The Kier molecular flexibility index (Phi) is 4.05. The average molecular weight is 244 g/mol. The zero-order valence-corrected chi connectivity index (χ0v) is 10.7. The Morgan fingerprint density at radius 3 is 2.50 bits per heavy atom. The van der Waals surface area contributed by atoms with E-state index in [-0.39, 0.29) is 11.9 Å². The first-order valence-electron chi connectivity index (χ1n) is 6.11. The molecule has 0 spiro atoms. The van der Waals surface area contributed by atoms with Gasteiger partial charge in [-0.1, -0.05) is 25.1 Å². The lowest BCUT2D eigenvalue weighted by Gasteiger charge is -2.19. The summed E-state index contributed by atoms with van der Waals surface area (Å²) in [5.74, 6) is -0.212. The summed E-state index contributed by atoms with van der Waals surface area (Å²) in [6, 6.07) is 8.76. The highest BCUT2D eigenvalue weighted by atomic mass is 19.1. The lowest BCUT2D eigenvalue weighted by atomic mass is 9.99. The van der Waals surface area contributed by atoms with Gasteiger partial charge in [-0.3, -0.25) is 4.98 Å². The first-order valence-corrected chi connectivity index (χ1v) is 6.11. The van der Waals surface area contributed by atoms with Crippen molar-refractivity contribution in [3.63, 3.8) is 0 Å².